The van der Waals surface area contributed by atoms with Crippen LogP contribution in [0, 0.1) is 0 Å². The fourth-order valence-corrected chi connectivity index (χ4v) is 2.72. The smallest absolute Gasteiger partial charge is 0.224 e. The van der Waals surface area contributed by atoms with Crippen LogP contribution < -0.4 is 5.32 Å². The summed E-state index contributed by atoms with van der Waals surface area (Å²) in [5.74, 6) is 0.859. The van der Waals surface area contributed by atoms with Crippen molar-refractivity contribution in [1.29, 1.82) is 0 Å². The molecule has 0 spiro atoms. The third kappa shape index (κ3) is 4.22. The Bertz CT molecular complexity index is 772. The number of amides is 1. The van der Waals surface area contributed by atoms with E-state index in [1.165, 1.54) is 18.4 Å². The minimum Gasteiger partial charge on any atom is -0.342 e. The Labute approximate surface area is 142 Å². The number of anilines is 1. The van der Waals surface area contributed by atoms with Gasteiger partial charge in [0.05, 0.1) is 11.0 Å². The molecule has 1 amide bonds. The third-order valence-electron chi connectivity index (χ3n) is 4.08. The first-order valence-electron chi connectivity index (χ1n) is 8.57. The molecule has 0 saturated heterocycles. The van der Waals surface area contributed by atoms with Crippen molar-refractivity contribution in [2.75, 3.05) is 5.32 Å². The first-order chi connectivity index (χ1) is 11.7. The molecule has 1 heterocycles. The quantitative estimate of drug-likeness (QED) is 0.674. The molecule has 4 heteroatoms. The fourth-order valence-electron chi connectivity index (χ4n) is 2.72. The van der Waals surface area contributed by atoms with Gasteiger partial charge in [-0.2, -0.15) is 0 Å². The molecular weight excluding hydrogens is 298 g/mol. The van der Waals surface area contributed by atoms with Gasteiger partial charge in [0.25, 0.3) is 0 Å². The van der Waals surface area contributed by atoms with E-state index in [0.717, 1.165) is 29.0 Å². The molecule has 0 aliphatic heterocycles. The minimum atomic E-state index is 0.0109. The third-order valence-corrected chi connectivity index (χ3v) is 4.08. The Morgan fingerprint density at radius 3 is 2.62 bits per heavy atom. The Hall–Kier alpha value is -2.62. The molecule has 2 aromatic carbocycles. The molecule has 0 aliphatic rings. The molecule has 1 aromatic heterocycles. The summed E-state index contributed by atoms with van der Waals surface area (Å²) in [5, 5.41) is 2.95. The van der Waals surface area contributed by atoms with E-state index in [2.05, 4.69) is 34.3 Å². The van der Waals surface area contributed by atoms with Crippen LogP contribution in [0.1, 0.15) is 37.6 Å². The highest BCUT2D eigenvalue weighted by atomic mass is 16.1. The number of para-hydroxylation sites is 2. The zero-order valence-electron chi connectivity index (χ0n) is 14.0. The van der Waals surface area contributed by atoms with E-state index < -0.39 is 0 Å². The molecule has 2 N–H and O–H groups in total. The topological polar surface area (TPSA) is 57.8 Å². The number of benzene rings is 2. The summed E-state index contributed by atoms with van der Waals surface area (Å²) in [5.41, 5.74) is 4.12. The lowest BCUT2D eigenvalue weighted by Gasteiger charge is -2.06. The zero-order valence-corrected chi connectivity index (χ0v) is 14.0. The van der Waals surface area contributed by atoms with E-state index in [1.807, 2.05) is 36.4 Å². The van der Waals surface area contributed by atoms with Gasteiger partial charge in [-0.05, 0) is 42.7 Å². The van der Waals surface area contributed by atoms with Gasteiger partial charge in [-0.1, -0.05) is 37.6 Å². The number of carbonyl (C=O) groups is 1. The van der Waals surface area contributed by atoms with Crippen molar-refractivity contribution in [2.24, 2.45) is 0 Å². The highest BCUT2D eigenvalue weighted by Crippen LogP contribution is 2.14. The molecule has 0 saturated carbocycles. The lowest BCUT2D eigenvalue weighted by Crippen LogP contribution is -2.12. The van der Waals surface area contributed by atoms with Crippen molar-refractivity contribution in [3.05, 3.63) is 59.9 Å². The SMILES string of the molecule is CCCCc1ccc(NC(=O)CCc2nc3ccccc3[nH]2)cc1. The normalized spacial score (nSPS) is 10.9. The number of rotatable bonds is 7. The summed E-state index contributed by atoms with van der Waals surface area (Å²) in [6, 6.07) is 16.0. The Morgan fingerprint density at radius 1 is 1.08 bits per heavy atom. The van der Waals surface area contributed by atoms with Crippen molar-refractivity contribution in [2.45, 2.75) is 39.0 Å². The molecule has 24 heavy (non-hydrogen) atoms. The first kappa shape index (κ1) is 16.2. The highest BCUT2D eigenvalue weighted by molar-refractivity contribution is 5.90. The van der Waals surface area contributed by atoms with Gasteiger partial charge in [0, 0.05) is 18.5 Å². The maximum Gasteiger partial charge on any atom is 0.224 e. The Morgan fingerprint density at radius 2 is 1.88 bits per heavy atom. The molecular formula is C20H23N3O. The Balaban J connectivity index is 1.51. The maximum atomic E-state index is 12.1. The minimum absolute atomic E-state index is 0.0109. The summed E-state index contributed by atoms with van der Waals surface area (Å²) in [6.45, 7) is 2.19. The second-order valence-corrected chi connectivity index (χ2v) is 6.05. The van der Waals surface area contributed by atoms with Crippen LogP contribution in [-0.4, -0.2) is 15.9 Å². The average Bonchev–Trinajstić information content (AvgIpc) is 3.02. The number of hydrogen-bond acceptors (Lipinski definition) is 2. The number of fused-ring (bicyclic) bond motifs is 1. The predicted molar refractivity (Wildman–Crippen MR) is 98.1 cm³/mol. The standard InChI is InChI=1S/C20H23N3O/c1-2-3-6-15-9-11-16(12-10-15)21-20(24)14-13-19-22-17-7-4-5-8-18(17)23-19/h4-5,7-12H,2-3,6,13-14H2,1H3,(H,21,24)(H,22,23). The number of aromatic amines is 1. The lowest BCUT2D eigenvalue weighted by atomic mass is 10.1. The zero-order chi connectivity index (χ0) is 16.8. The van der Waals surface area contributed by atoms with Crippen LogP contribution in [0.5, 0.6) is 0 Å². The molecule has 0 fully saturated rings. The summed E-state index contributed by atoms with van der Waals surface area (Å²) in [6.07, 6.45) is 4.51. The van der Waals surface area contributed by atoms with Gasteiger partial charge in [-0.15, -0.1) is 0 Å². The van der Waals surface area contributed by atoms with E-state index in [-0.39, 0.29) is 5.91 Å². The van der Waals surface area contributed by atoms with E-state index in [1.54, 1.807) is 0 Å². The number of unbranched alkanes of at least 4 members (excludes halogenated alkanes) is 1. The number of H-pyrrole nitrogens is 1. The summed E-state index contributed by atoms with van der Waals surface area (Å²) < 4.78 is 0. The summed E-state index contributed by atoms with van der Waals surface area (Å²) in [7, 11) is 0. The van der Waals surface area contributed by atoms with Crippen molar-refractivity contribution in [3.63, 3.8) is 0 Å². The van der Waals surface area contributed by atoms with Crippen molar-refractivity contribution >= 4 is 22.6 Å². The van der Waals surface area contributed by atoms with Gasteiger partial charge >= 0.3 is 0 Å². The van der Waals surface area contributed by atoms with Crippen LogP contribution in [0.2, 0.25) is 0 Å². The van der Waals surface area contributed by atoms with E-state index in [0.29, 0.717) is 12.8 Å². The van der Waals surface area contributed by atoms with Crippen LogP contribution in [0.4, 0.5) is 5.69 Å². The Kier molecular flexibility index (Phi) is 5.26. The van der Waals surface area contributed by atoms with Crippen LogP contribution in [0.25, 0.3) is 11.0 Å². The number of nitrogens with zero attached hydrogens (tertiary/aromatic N) is 1. The van der Waals surface area contributed by atoms with Gasteiger partial charge in [0.2, 0.25) is 5.91 Å². The molecule has 3 aromatic rings. The van der Waals surface area contributed by atoms with Gasteiger partial charge < -0.3 is 10.3 Å². The molecule has 0 atom stereocenters. The number of carbonyl (C=O) groups excluding carboxylic acids is 1. The van der Waals surface area contributed by atoms with Crippen LogP contribution in [-0.2, 0) is 17.6 Å². The second-order valence-electron chi connectivity index (χ2n) is 6.05. The molecule has 4 nitrogen and oxygen atoms in total. The number of nitrogens with one attached hydrogen (secondary N) is 2. The lowest BCUT2D eigenvalue weighted by molar-refractivity contribution is -0.116. The summed E-state index contributed by atoms with van der Waals surface area (Å²) in [4.78, 5) is 19.9. The monoisotopic (exact) mass is 321 g/mol. The largest absolute Gasteiger partial charge is 0.342 e. The fraction of sp³-hybridized carbons (Fsp3) is 0.300. The van der Waals surface area contributed by atoms with Gasteiger partial charge in [-0.3, -0.25) is 4.79 Å². The molecule has 3 rings (SSSR count). The van der Waals surface area contributed by atoms with E-state index in [9.17, 15) is 4.79 Å². The van der Waals surface area contributed by atoms with Gasteiger partial charge in [0.1, 0.15) is 5.82 Å². The average molecular weight is 321 g/mol. The van der Waals surface area contributed by atoms with Gasteiger partial charge in [-0.25, -0.2) is 4.98 Å². The summed E-state index contributed by atoms with van der Waals surface area (Å²) >= 11 is 0. The number of aryl methyl sites for hydroxylation is 2. The first-order valence-corrected chi connectivity index (χ1v) is 8.57. The van der Waals surface area contributed by atoms with Crippen molar-refractivity contribution in [1.82, 2.24) is 9.97 Å². The molecule has 0 radical (unpaired) electrons. The number of hydrogen-bond donors (Lipinski definition) is 2. The highest BCUT2D eigenvalue weighted by Gasteiger charge is 2.07. The van der Waals surface area contributed by atoms with E-state index >= 15 is 0 Å². The van der Waals surface area contributed by atoms with Crippen LogP contribution in [0.15, 0.2) is 48.5 Å². The van der Waals surface area contributed by atoms with Crippen molar-refractivity contribution in [3.8, 4) is 0 Å². The molecule has 0 unspecified atom stereocenters. The van der Waals surface area contributed by atoms with Crippen LogP contribution >= 0.6 is 0 Å². The second kappa shape index (κ2) is 7.77. The van der Waals surface area contributed by atoms with Crippen molar-refractivity contribution < 1.29 is 4.79 Å². The predicted octanol–water partition coefficient (Wildman–Crippen LogP) is 4.48. The maximum absolute atomic E-state index is 12.1. The molecule has 124 valence electrons. The van der Waals surface area contributed by atoms with Gasteiger partial charge in [0.15, 0.2) is 0 Å². The molecule has 0 aliphatic carbocycles. The molecule has 0 bridgehead atoms. The van der Waals surface area contributed by atoms with Crippen LogP contribution in [0.3, 0.4) is 0 Å². The number of imidazole rings is 1. The van der Waals surface area contributed by atoms with E-state index in [4.69, 9.17) is 0 Å². The number of aromatic nitrogens is 2.